The molecule has 1 aromatic heterocycles. The van der Waals surface area contributed by atoms with Crippen molar-refractivity contribution in [1.29, 1.82) is 0 Å². The molecule has 4 rings (SSSR count). The van der Waals surface area contributed by atoms with Gasteiger partial charge >= 0.3 is 6.18 Å². The summed E-state index contributed by atoms with van der Waals surface area (Å²) in [6.45, 7) is 0. The van der Waals surface area contributed by atoms with Crippen LogP contribution in [0.4, 0.5) is 23.2 Å². The van der Waals surface area contributed by atoms with Crippen molar-refractivity contribution in [3.63, 3.8) is 0 Å². The summed E-state index contributed by atoms with van der Waals surface area (Å²) in [5.74, 6) is -0.807. The van der Waals surface area contributed by atoms with E-state index < -0.39 is 49.4 Å². The molecule has 34 heavy (non-hydrogen) atoms. The first-order chi connectivity index (χ1) is 16.0. The van der Waals surface area contributed by atoms with Gasteiger partial charge in [0.15, 0.2) is 9.84 Å². The zero-order valence-corrected chi connectivity index (χ0v) is 18.2. The number of carbonyl (C=O) groups excluding carboxylic acids is 1. The summed E-state index contributed by atoms with van der Waals surface area (Å²) in [6, 6.07) is 12.0. The first-order valence-corrected chi connectivity index (χ1v) is 11.7. The quantitative estimate of drug-likeness (QED) is 0.475. The monoisotopic (exact) mass is 494 g/mol. The fourth-order valence-electron chi connectivity index (χ4n) is 3.46. The average Bonchev–Trinajstić information content (AvgIpc) is 2.75. The second kappa shape index (κ2) is 9.05. The molecule has 0 radical (unpaired) electrons. The van der Waals surface area contributed by atoms with Gasteiger partial charge in [0.05, 0.1) is 27.6 Å². The smallest absolute Gasteiger partial charge is 0.416 e. The third kappa shape index (κ3) is 5.19. The van der Waals surface area contributed by atoms with Gasteiger partial charge in [-0.1, -0.05) is 6.07 Å². The van der Waals surface area contributed by atoms with Crippen LogP contribution in [0.3, 0.4) is 0 Å². The van der Waals surface area contributed by atoms with E-state index in [0.29, 0.717) is 17.5 Å². The predicted octanol–water partition coefficient (Wildman–Crippen LogP) is 5.22. The topological polar surface area (TPSA) is 85.4 Å². The summed E-state index contributed by atoms with van der Waals surface area (Å²) in [6.07, 6.45) is -3.29. The van der Waals surface area contributed by atoms with Gasteiger partial charge in [-0.3, -0.25) is 4.79 Å². The number of ether oxygens (including phenoxy) is 1. The van der Waals surface area contributed by atoms with E-state index in [2.05, 4.69) is 10.3 Å². The molecule has 0 aliphatic heterocycles. The van der Waals surface area contributed by atoms with E-state index in [1.807, 2.05) is 0 Å². The van der Waals surface area contributed by atoms with Crippen LogP contribution in [-0.2, 0) is 20.8 Å². The van der Waals surface area contributed by atoms with Gasteiger partial charge in [0, 0.05) is 12.0 Å². The molecule has 1 aliphatic carbocycles. The highest BCUT2D eigenvalue weighted by Gasteiger charge is 2.43. The fourth-order valence-corrected chi connectivity index (χ4v) is 5.37. The second-order valence-corrected chi connectivity index (χ2v) is 10.0. The molecular weight excluding hydrogens is 476 g/mol. The average molecular weight is 494 g/mol. The number of pyridine rings is 1. The zero-order valence-electron chi connectivity index (χ0n) is 17.4. The summed E-state index contributed by atoms with van der Waals surface area (Å²) >= 11 is 0. The van der Waals surface area contributed by atoms with E-state index >= 15 is 0 Å². The number of sulfone groups is 1. The van der Waals surface area contributed by atoms with Gasteiger partial charge in [-0.15, -0.1) is 0 Å². The van der Waals surface area contributed by atoms with E-state index in [4.69, 9.17) is 4.74 Å². The Bertz CT molecular complexity index is 1290. The Morgan fingerprint density at radius 2 is 1.74 bits per heavy atom. The van der Waals surface area contributed by atoms with Crippen LogP contribution in [0.2, 0.25) is 0 Å². The number of anilines is 1. The standard InChI is InChI=1S/C23H18F4N2O4S/c24-16-4-7-18(8-5-16)33-21-9-6-17(13-28-21)29-22(30)14-10-20(11-14)34(31,32)19-3-1-2-15(12-19)23(25,26)27/h1-9,12-14,20H,10-11H2,(H,29,30)/t14-,20-. The van der Waals surface area contributed by atoms with Crippen molar-refractivity contribution in [3.8, 4) is 11.6 Å². The Balaban J connectivity index is 1.33. The molecule has 1 heterocycles. The molecule has 6 nitrogen and oxygen atoms in total. The Labute approximate surface area is 192 Å². The van der Waals surface area contributed by atoms with Crippen LogP contribution < -0.4 is 10.1 Å². The van der Waals surface area contributed by atoms with Crippen LogP contribution in [0.5, 0.6) is 11.6 Å². The lowest BCUT2D eigenvalue weighted by molar-refractivity contribution is -0.137. The first kappa shape index (κ1) is 23.7. The maximum absolute atomic E-state index is 12.9. The lowest BCUT2D eigenvalue weighted by atomic mass is 9.84. The molecule has 1 amide bonds. The van der Waals surface area contributed by atoms with Crippen molar-refractivity contribution >= 4 is 21.4 Å². The van der Waals surface area contributed by atoms with Crippen molar-refractivity contribution in [2.24, 2.45) is 5.92 Å². The third-order valence-electron chi connectivity index (χ3n) is 5.43. The van der Waals surface area contributed by atoms with E-state index in [1.54, 1.807) is 6.07 Å². The molecule has 0 saturated heterocycles. The van der Waals surface area contributed by atoms with Crippen molar-refractivity contribution in [2.45, 2.75) is 29.2 Å². The Hall–Kier alpha value is -3.47. The largest absolute Gasteiger partial charge is 0.439 e. The van der Waals surface area contributed by atoms with Gasteiger partial charge in [-0.2, -0.15) is 13.2 Å². The van der Waals surface area contributed by atoms with Crippen molar-refractivity contribution in [3.05, 3.63) is 78.2 Å². The lowest BCUT2D eigenvalue weighted by Gasteiger charge is -2.33. The maximum Gasteiger partial charge on any atom is 0.416 e. The highest BCUT2D eigenvalue weighted by molar-refractivity contribution is 7.92. The minimum atomic E-state index is -4.65. The van der Waals surface area contributed by atoms with Crippen molar-refractivity contribution in [1.82, 2.24) is 4.98 Å². The van der Waals surface area contributed by atoms with Gasteiger partial charge in [0.2, 0.25) is 11.8 Å². The van der Waals surface area contributed by atoms with Crippen LogP contribution in [0, 0.1) is 11.7 Å². The summed E-state index contributed by atoms with van der Waals surface area (Å²) in [5, 5.41) is 1.70. The number of amides is 1. The number of alkyl halides is 3. The molecule has 1 N–H and O–H groups in total. The molecular formula is C23H18F4N2O4S. The number of halogens is 4. The van der Waals surface area contributed by atoms with Crippen LogP contribution in [0.1, 0.15) is 18.4 Å². The van der Waals surface area contributed by atoms with Crippen molar-refractivity contribution < 1.29 is 35.5 Å². The number of hydrogen-bond acceptors (Lipinski definition) is 5. The minimum Gasteiger partial charge on any atom is -0.439 e. The van der Waals surface area contributed by atoms with Gasteiger partial charge in [-0.25, -0.2) is 17.8 Å². The number of aromatic nitrogens is 1. The van der Waals surface area contributed by atoms with Crippen molar-refractivity contribution in [2.75, 3.05) is 5.32 Å². The van der Waals surface area contributed by atoms with Crippen LogP contribution >= 0.6 is 0 Å². The van der Waals surface area contributed by atoms with Crippen LogP contribution in [0.15, 0.2) is 71.8 Å². The molecule has 178 valence electrons. The predicted molar refractivity (Wildman–Crippen MR) is 114 cm³/mol. The van der Waals surface area contributed by atoms with E-state index in [0.717, 1.165) is 18.2 Å². The fraction of sp³-hybridized carbons (Fsp3) is 0.217. The van der Waals surface area contributed by atoms with Gasteiger partial charge in [0.25, 0.3) is 0 Å². The summed E-state index contributed by atoms with van der Waals surface area (Å²) in [7, 11) is -3.99. The van der Waals surface area contributed by atoms with Gasteiger partial charge in [0.1, 0.15) is 11.6 Å². The number of carbonyl (C=O) groups is 1. The number of nitrogens with one attached hydrogen (secondary N) is 1. The summed E-state index contributed by atoms with van der Waals surface area (Å²) in [4.78, 5) is 16.1. The molecule has 2 aromatic carbocycles. The molecule has 3 aromatic rings. The maximum atomic E-state index is 12.9. The normalized spacial score (nSPS) is 18.1. The van der Waals surface area contributed by atoms with Crippen LogP contribution in [-0.4, -0.2) is 24.6 Å². The van der Waals surface area contributed by atoms with E-state index in [1.165, 1.54) is 36.5 Å². The van der Waals surface area contributed by atoms with E-state index in [-0.39, 0.29) is 18.7 Å². The number of rotatable bonds is 6. The molecule has 1 aliphatic rings. The molecule has 1 fully saturated rings. The summed E-state index contributed by atoms with van der Waals surface area (Å²) < 4.78 is 82.5. The molecule has 0 spiro atoms. The first-order valence-electron chi connectivity index (χ1n) is 10.1. The van der Waals surface area contributed by atoms with Gasteiger partial charge in [-0.05, 0) is 61.4 Å². The highest BCUT2D eigenvalue weighted by Crippen LogP contribution is 2.38. The molecule has 0 unspecified atom stereocenters. The van der Waals surface area contributed by atoms with Gasteiger partial charge < -0.3 is 10.1 Å². The number of benzene rings is 2. The Morgan fingerprint density at radius 1 is 1.03 bits per heavy atom. The van der Waals surface area contributed by atoms with E-state index in [9.17, 15) is 30.8 Å². The second-order valence-electron chi connectivity index (χ2n) is 7.79. The zero-order chi connectivity index (χ0) is 24.5. The van der Waals surface area contributed by atoms with Crippen LogP contribution in [0.25, 0.3) is 0 Å². The SMILES string of the molecule is O=C(Nc1ccc(Oc2ccc(F)cc2)nc1)[C@H]1C[C@H](S(=O)(=O)c2cccc(C(F)(F)F)c2)C1. The summed E-state index contributed by atoms with van der Waals surface area (Å²) in [5.41, 5.74) is -0.679. The lowest BCUT2D eigenvalue weighted by Crippen LogP contribution is -2.42. The Morgan fingerprint density at radius 3 is 2.35 bits per heavy atom. The highest BCUT2D eigenvalue weighted by atomic mass is 32.2. The number of hydrogen-bond donors (Lipinski definition) is 1. The molecule has 0 atom stereocenters. The molecule has 0 bridgehead atoms. The molecule has 1 saturated carbocycles. The third-order valence-corrected chi connectivity index (χ3v) is 7.61. The molecule has 11 heteroatoms. The Kier molecular flexibility index (Phi) is 6.30. The number of nitrogens with zero attached hydrogens (tertiary/aromatic N) is 1. The minimum absolute atomic E-state index is 0.00357.